The molecule has 0 aliphatic carbocycles. The second-order valence-electron chi connectivity index (χ2n) is 13.1. The first kappa shape index (κ1) is 29.2. The van der Waals surface area contributed by atoms with Crippen molar-refractivity contribution >= 4 is 43.6 Å². The van der Waals surface area contributed by atoms with Crippen LogP contribution in [0.5, 0.6) is 0 Å². The molecule has 7 aromatic carbocycles. The lowest BCUT2D eigenvalue weighted by Gasteiger charge is -2.15. The zero-order valence-electron chi connectivity index (χ0n) is 28.0. The van der Waals surface area contributed by atoms with Gasteiger partial charge in [-0.1, -0.05) is 133 Å². The standard InChI is InChI=1S/C47H32N4/c1-31-45(32-14-4-2-5-15-32)48-47(34-16-6-3-7-17-34)49-46(31)33-24-26-35(27-25-33)50-41-21-11-10-20-39(41)40-29-28-36(30-44(40)50)51-42-22-12-8-18-37(42)38-19-9-13-23-43(38)51/h2-30H,1H3. The predicted octanol–water partition coefficient (Wildman–Crippen LogP) is 12.0. The van der Waals surface area contributed by atoms with E-state index >= 15 is 0 Å². The van der Waals surface area contributed by atoms with Gasteiger partial charge in [0.15, 0.2) is 5.82 Å². The Balaban J connectivity index is 1.15. The van der Waals surface area contributed by atoms with Gasteiger partial charge in [-0.25, -0.2) is 9.97 Å². The summed E-state index contributed by atoms with van der Waals surface area (Å²) in [6, 6.07) is 62.4. The molecular formula is C47H32N4. The number of benzene rings is 7. The van der Waals surface area contributed by atoms with Gasteiger partial charge < -0.3 is 9.13 Å². The molecule has 10 rings (SSSR count). The van der Waals surface area contributed by atoms with Crippen LogP contribution in [-0.2, 0) is 0 Å². The van der Waals surface area contributed by atoms with Crippen LogP contribution in [0.2, 0.25) is 0 Å². The molecule has 3 aromatic heterocycles. The van der Waals surface area contributed by atoms with Crippen molar-refractivity contribution in [1.29, 1.82) is 0 Å². The van der Waals surface area contributed by atoms with Crippen LogP contribution in [0.15, 0.2) is 176 Å². The molecule has 4 heteroatoms. The van der Waals surface area contributed by atoms with Crippen LogP contribution in [0.25, 0.3) is 88.9 Å². The highest BCUT2D eigenvalue weighted by Crippen LogP contribution is 2.38. The van der Waals surface area contributed by atoms with Crippen LogP contribution < -0.4 is 0 Å². The molecule has 0 saturated carbocycles. The van der Waals surface area contributed by atoms with E-state index in [9.17, 15) is 0 Å². The Morgan fingerprint density at radius 3 is 1.31 bits per heavy atom. The molecule has 0 radical (unpaired) electrons. The van der Waals surface area contributed by atoms with E-state index in [4.69, 9.17) is 9.97 Å². The van der Waals surface area contributed by atoms with Gasteiger partial charge in [0.25, 0.3) is 0 Å². The Bertz CT molecular complexity index is 2850. The first-order valence-electron chi connectivity index (χ1n) is 17.3. The molecule has 51 heavy (non-hydrogen) atoms. The Kier molecular flexibility index (Phi) is 6.68. The summed E-state index contributed by atoms with van der Waals surface area (Å²) in [5.41, 5.74) is 13.1. The first-order chi connectivity index (χ1) is 25.2. The van der Waals surface area contributed by atoms with Crippen molar-refractivity contribution in [1.82, 2.24) is 19.1 Å². The molecular weight excluding hydrogens is 621 g/mol. The highest BCUT2D eigenvalue weighted by atomic mass is 15.0. The van der Waals surface area contributed by atoms with Gasteiger partial charge in [0.2, 0.25) is 0 Å². The average Bonchev–Trinajstić information content (AvgIpc) is 3.71. The molecule has 0 unspecified atom stereocenters. The third-order valence-corrected chi connectivity index (χ3v) is 10.1. The van der Waals surface area contributed by atoms with Crippen molar-refractivity contribution in [2.45, 2.75) is 6.92 Å². The second-order valence-corrected chi connectivity index (χ2v) is 13.1. The Morgan fingerprint density at radius 1 is 0.353 bits per heavy atom. The van der Waals surface area contributed by atoms with Crippen LogP contribution in [0, 0.1) is 6.92 Å². The molecule has 0 amide bonds. The van der Waals surface area contributed by atoms with E-state index < -0.39 is 0 Å². The first-order valence-corrected chi connectivity index (χ1v) is 17.3. The summed E-state index contributed by atoms with van der Waals surface area (Å²) in [5.74, 6) is 0.721. The van der Waals surface area contributed by atoms with Crippen LogP contribution in [0.3, 0.4) is 0 Å². The minimum absolute atomic E-state index is 0.721. The summed E-state index contributed by atoms with van der Waals surface area (Å²) in [7, 11) is 0. The van der Waals surface area contributed by atoms with Gasteiger partial charge in [0.1, 0.15) is 0 Å². The van der Waals surface area contributed by atoms with Crippen LogP contribution in [0.1, 0.15) is 5.56 Å². The molecule has 10 aromatic rings. The van der Waals surface area contributed by atoms with Crippen molar-refractivity contribution in [2.24, 2.45) is 0 Å². The van der Waals surface area contributed by atoms with E-state index in [0.29, 0.717) is 0 Å². The third-order valence-electron chi connectivity index (χ3n) is 10.1. The maximum absolute atomic E-state index is 5.16. The molecule has 0 atom stereocenters. The van der Waals surface area contributed by atoms with E-state index in [1.165, 1.54) is 43.6 Å². The highest BCUT2D eigenvalue weighted by molar-refractivity contribution is 6.12. The lowest BCUT2D eigenvalue weighted by molar-refractivity contribution is 1.14. The molecule has 0 aliphatic heterocycles. The Hall–Kier alpha value is -6.78. The number of aromatic nitrogens is 4. The van der Waals surface area contributed by atoms with Gasteiger partial charge in [0, 0.05) is 55.2 Å². The van der Waals surface area contributed by atoms with E-state index in [0.717, 1.165) is 50.8 Å². The molecule has 3 heterocycles. The van der Waals surface area contributed by atoms with Crippen LogP contribution in [0.4, 0.5) is 0 Å². The summed E-state index contributed by atoms with van der Waals surface area (Å²) in [5, 5.41) is 4.98. The molecule has 0 aliphatic rings. The minimum Gasteiger partial charge on any atom is -0.309 e. The molecule has 0 saturated heterocycles. The quantitative estimate of drug-likeness (QED) is 0.185. The zero-order valence-corrected chi connectivity index (χ0v) is 28.0. The fourth-order valence-corrected chi connectivity index (χ4v) is 7.74. The fraction of sp³-hybridized carbons (Fsp3) is 0.0213. The highest BCUT2D eigenvalue weighted by Gasteiger charge is 2.18. The van der Waals surface area contributed by atoms with E-state index in [-0.39, 0.29) is 0 Å². The van der Waals surface area contributed by atoms with Crippen molar-refractivity contribution in [3.05, 3.63) is 181 Å². The summed E-state index contributed by atoms with van der Waals surface area (Å²) in [6.45, 7) is 2.13. The number of hydrogen-bond acceptors (Lipinski definition) is 2. The van der Waals surface area contributed by atoms with Crippen molar-refractivity contribution in [3.8, 4) is 45.3 Å². The van der Waals surface area contributed by atoms with Crippen molar-refractivity contribution in [2.75, 3.05) is 0 Å². The van der Waals surface area contributed by atoms with Gasteiger partial charge >= 0.3 is 0 Å². The van der Waals surface area contributed by atoms with E-state index in [1.807, 2.05) is 24.3 Å². The topological polar surface area (TPSA) is 35.6 Å². The number of rotatable bonds is 5. The Labute approximate surface area is 295 Å². The molecule has 0 fully saturated rings. The smallest absolute Gasteiger partial charge is 0.160 e. The maximum Gasteiger partial charge on any atom is 0.160 e. The van der Waals surface area contributed by atoms with Gasteiger partial charge in [-0.05, 0) is 49.4 Å². The fourth-order valence-electron chi connectivity index (χ4n) is 7.74. The summed E-state index contributed by atoms with van der Waals surface area (Å²) < 4.78 is 4.78. The second kappa shape index (κ2) is 11.7. The largest absolute Gasteiger partial charge is 0.309 e. The zero-order chi connectivity index (χ0) is 33.9. The van der Waals surface area contributed by atoms with Crippen molar-refractivity contribution < 1.29 is 0 Å². The minimum atomic E-state index is 0.721. The lowest BCUT2D eigenvalue weighted by Crippen LogP contribution is -2.01. The third kappa shape index (κ3) is 4.68. The number of fused-ring (bicyclic) bond motifs is 6. The summed E-state index contributed by atoms with van der Waals surface area (Å²) in [4.78, 5) is 10.2. The lowest BCUT2D eigenvalue weighted by atomic mass is 10.0. The average molecular weight is 653 g/mol. The number of para-hydroxylation sites is 3. The maximum atomic E-state index is 5.16. The monoisotopic (exact) mass is 652 g/mol. The van der Waals surface area contributed by atoms with Crippen LogP contribution >= 0.6 is 0 Å². The summed E-state index contributed by atoms with van der Waals surface area (Å²) >= 11 is 0. The van der Waals surface area contributed by atoms with Gasteiger partial charge in [-0.15, -0.1) is 0 Å². The number of hydrogen-bond donors (Lipinski definition) is 0. The van der Waals surface area contributed by atoms with Gasteiger partial charge in [-0.3, -0.25) is 0 Å². The van der Waals surface area contributed by atoms with Crippen molar-refractivity contribution in [3.63, 3.8) is 0 Å². The van der Waals surface area contributed by atoms with Gasteiger partial charge in [-0.2, -0.15) is 0 Å². The molecule has 240 valence electrons. The van der Waals surface area contributed by atoms with Crippen LogP contribution in [-0.4, -0.2) is 19.1 Å². The molecule has 0 N–H and O–H groups in total. The molecule has 0 spiro atoms. The summed E-state index contributed by atoms with van der Waals surface area (Å²) in [6.07, 6.45) is 0. The molecule has 0 bridgehead atoms. The van der Waals surface area contributed by atoms with E-state index in [1.54, 1.807) is 0 Å². The van der Waals surface area contributed by atoms with E-state index in [2.05, 4.69) is 168 Å². The number of nitrogens with zero attached hydrogens (tertiary/aromatic N) is 4. The SMILES string of the molecule is Cc1c(-c2ccccc2)nc(-c2ccccc2)nc1-c1ccc(-n2c3ccccc3c3ccc(-n4c5ccccc5c5ccccc54)cc32)cc1. The molecule has 4 nitrogen and oxygen atoms in total. The predicted molar refractivity (Wildman–Crippen MR) is 212 cm³/mol. The normalized spacial score (nSPS) is 11.6. The van der Waals surface area contributed by atoms with Gasteiger partial charge in [0.05, 0.1) is 33.5 Å². The Morgan fingerprint density at radius 2 is 0.765 bits per heavy atom.